The summed E-state index contributed by atoms with van der Waals surface area (Å²) in [6.07, 6.45) is 4.37. The lowest BCUT2D eigenvalue weighted by molar-refractivity contribution is 0.214. The summed E-state index contributed by atoms with van der Waals surface area (Å²) in [6.45, 7) is 1.53. The maximum Gasteiger partial charge on any atom is 0.321 e. The molecule has 1 aromatic rings. The minimum atomic E-state index is -3.70. The van der Waals surface area contributed by atoms with Crippen molar-refractivity contribution in [3.05, 3.63) is 24.3 Å². The van der Waals surface area contributed by atoms with E-state index < -0.39 is 10.0 Å². The first-order valence-corrected chi connectivity index (χ1v) is 8.20. The fourth-order valence-electron chi connectivity index (χ4n) is 2.20. The van der Waals surface area contributed by atoms with Crippen LogP contribution in [-0.2, 0) is 10.0 Å². The summed E-state index contributed by atoms with van der Waals surface area (Å²) >= 11 is 0. The smallest absolute Gasteiger partial charge is 0.321 e. The summed E-state index contributed by atoms with van der Waals surface area (Å²) in [6, 6.07) is 5.70. The zero-order valence-corrected chi connectivity index (χ0v) is 12.0. The van der Waals surface area contributed by atoms with E-state index in [9.17, 15) is 13.2 Å². The van der Waals surface area contributed by atoms with Crippen LogP contribution in [0.2, 0.25) is 0 Å². The molecule has 0 atom stereocenters. The third-order valence-electron chi connectivity index (χ3n) is 3.33. The van der Waals surface area contributed by atoms with E-state index in [0.717, 1.165) is 38.8 Å². The van der Waals surface area contributed by atoms with Crippen LogP contribution in [0.4, 0.5) is 10.5 Å². The Morgan fingerprint density at radius 1 is 1.05 bits per heavy atom. The summed E-state index contributed by atoms with van der Waals surface area (Å²) in [4.78, 5) is 13.9. The molecule has 0 aliphatic carbocycles. The van der Waals surface area contributed by atoms with Crippen LogP contribution in [0.5, 0.6) is 0 Å². The number of primary sulfonamides is 1. The van der Waals surface area contributed by atoms with Crippen molar-refractivity contribution in [2.45, 2.75) is 30.6 Å². The van der Waals surface area contributed by atoms with Gasteiger partial charge in [-0.15, -0.1) is 0 Å². The molecule has 20 heavy (non-hydrogen) atoms. The second-order valence-corrected chi connectivity index (χ2v) is 6.46. The Morgan fingerprint density at radius 2 is 1.60 bits per heavy atom. The molecule has 6 nitrogen and oxygen atoms in total. The Kier molecular flexibility index (Phi) is 4.61. The van der Waals surface area contributed by atoms with Crippen LogP contribution < -0.4 is 10.5 Å². The molecule has 3 N–H and O–H groups in total. The fraction of sp³-hybridized carbons (Fsp3) is 0.462. The van der Waals surface area contributed by atoms with Crippen molar-refractivity contribution in [1.29, 1.82) is 0 Å². The van der Waals surface area contributed by atoms with Crippen LogP contribution in [-0.4, -0.2) is 32.4 Å². The molecule has 0 bridgehead atoms. The van der Waals surface area contributed by atoms with E-state index in [1.165, 1.54) is 24.3 Å². The van der Waals surface area contributed by atoms with Crippen LogP contribution in [0.3, 0.4) is 0 Å². The van der Waals surface area contributed by atoms with Gasteiger partial charge in [0.05, 0.1) is 4.90 Å². The molecule has 1 aliphatic heterocycles. The van der Waals surface area contributed by atoms with Crippen LogP contribution in [0.15, 0.2) is 29.2 Å². The van der Waals surface area contributed by atoms with Gasteiger partial charge in [-0.05, 0) is 37.1 Å². The largest absolute Gasteiger partial charge is 0.325 e. The van der Waals surface area contributed by atoms with Gasteiger partial charge in [0.25, 0.3) is 0 Å². The number of nitrogens with two attached hydrogens (primary N) is 1. The Morgan fingerprint density at radius 3 is 2.10 bits per heavy atom. The average molecular weight is 297 g/mol. The van der Waals surface area contributed by atoms with E-state index in [1.54, 1.807) is 4.90 Å². The third-order valence-corrected chi connectivity index (χ3v) is 4.26. The summed E-state index contributed by atoms with van der Waals surface area (Å²) in [5.74, 6) is 0. The van der Waals surface area contributed by atoms with Crippen LogP contribution in [0, 0.1) is 0 Å². The molecule has 1 aromatic carbocycles. The van der Waals surface area contributed by atoms with Gasteiger partial charge in [-0.2, -0.15) is 0 Å². The van der Waals surface area contributed by atoms with Gasteiger partial charge in [-0.3, -0.25) is 0 Å². The maximum absolute atomic E-state index is 12.1. The van der Waals surface area contributed by atoms with E-state index in [0.29, 0.717) is 5.69 Å². The normalized spacial score (nSPS) is 16.6. The van der Waals surface area contributed by atoms with Crippen LogP contribution in [0.25, 0.3) is 0 Å². The van der Waals surface area contributed by atoms with E-state index in [4.69, 9.17) is 5.14 Å². The number of hydrogen-bond acceptors (Lipinski definition) is 3. The van der Waals surface area contributed by atoms with Gasteiger partial charge in [0.15, 0.2) is 0 Å². The Bertz CT molecular complexity index is 561. The van der Waals surface area contributed by atoms with Crippen LogP contribution in [0.1, 0.15) is 25.7 Å². The zero-order chi connectivity index (χ0) is 14.6. The average Bonchev–Trinajstić information content (AvgIpc) is 2.67. The fourth-order valence-corrected chi connectivity index (χ4v) is 2.72. The molecule has 1 fully saturated rings. The molecule has 110 valence electrons. The highest BCUT2D eigenvalue weighted by Gasteiger charge is 2.15. The highest BCUT2D eigenvalue weighted by molar-refractivity contribution is 7.89. The Labute approximate surface area is 119 Å². The molecule has 7 heteroatoms. The van der Waals surface area contributed by atoms with Crippen molar-refractivity contribution in [1.82, 2.24) is 4.90 Å². The molecule has 0 radical (unpaired) electrons. The predicted molar refractivity (Wildman–Crippen MR) is 76.9 cm³/mol. The minimum Gasteiger partial charge on any atom is -0.325 e. The first-order chi connectivity index (χ1) is 9.47. The number of carbonyl (C=O) groups is 1. The summed E-state index contributed by atoms with van der Waals surface area (Å²) < 4.78 is 22.3. The van der Waals surface area contributed by atoms with E-state index in [2.05, 4.69) is 5.32 Å². The molecule has 1 saturated heterocycles. The van der Waals surface area contributed by atoms with Crippen molar-refractivity contribution in [2.24, 2.45) is 5.14 Å². The number of nitrogens with one attached hydrogen (secondary N) is 1. The van der Waals surface area contributed by atoms with Crippen molar-refractivity contribution in [2.75, 3.05) is 18.4 Å². The quantitative estimate of drug-likeness (QED) is 0.870. The highest BCUT2D eigenvalue weighted by Crippen LogP contribution is 2.15. The van der Waals surface area contributed by atoms with Gasteiger partial charge in [0.2, 0.25) is 10.0 Å². The topological polar surface area (TPSA) is 92.5 Å². The van der Waals surface area contributed by atoms with Crippen molar-refractivity contribution < 1.29 is 13.2 Å². The Balaban J connectivity index is 2.00. The summed E-state index contributed by atoms with van der Waals surface area (Å²) in [5.41, 5.74) is 0.562. The first kappa shape index (κ1) is 14.8. The lowest BCUT2D eigenvalue weighted by atomic mass is 10.2. The van der Waals surface area contributed by atoms with Crippen molar-refractivity contribution in [3.63, 3.8) is 0 Å². The lowest BCUT2D eigenvalue weighted by Gasteiger charge is -2.20. The minimum absolute atomic E-state index is 0.0327. The molecular formula is C13H19N3O3S. The number of urea groups is 1. The van der Waals surface area contributed by atoms with E-state index in [1.807, 2.05) is 0 Å². The predicted octanol–water partition coefficient (Wildman–Crippen LogP) is 1.74. The van der Waals surface area contributed by atoms with Gasteiger partial charge in [0, 0.05) is 18.8 Å². The SMILES string of the molecule is NS(=O)(=O)c1ccc(NC(=O)N2CCCCCC2)cc1. The monoisotopic (exact) mass is 297 g/mol. The number of nitrogens with zero attached hydrogens (tertiary/aromatic N) is 1. The van der Waals surface area contributed by atoms with Crippen LogP contribution >= 0.6 is 0 Å². The molecule has 0 aromatic heterocycles. The molecule has 1 aliphatic rings. The molecule has 0 unspecified atom stereocenters. The second kappa shape index (κ2) is 6.23. The lowest BCUT2D eigenvalue weighted by Crippen LogP contribution is -2.35. The molecule has 0 saturated carbocycles. The Hall–Kier alpha value is -1.60. The molecular weight excluding hydrogens is 278 g/mol. The molecule has 0 spiro atoms. The van der Waals surface area contributed by atoms with Gasteiger partial charge in [-0.1, -0.05) is 12.8 Å². The second-order valence-electron chi connectivity index (χ2n) is 4.90. The number of likely N-dealkylation sites (tertiary alicyclic amines) is 1. The van der Waals surface area contributed by atoms with Gasteiger partial charge in [0.1, 0.15) is 0 Å². The van der Waals surface area contributed by atoms with Gasteiger partial charge >= 0.3 is 6.03 Å². The standard InChI is InChI=1S/C13H19N3O3S/c14-20(18,19)12-7-5-11(6-8-12)15-13(17)16-9-3-1-2-4-10-16/h5-8H,1-4,9-10H2,(H,15,17)(H2,14,18,19). The third kappa shape index (κ3) is 3.94. The number of amides is 2. The number of benzene rings is 1. The maximum atomic E-state index is 12.1. The zero-order valence-electron chi connectivity index (χ0n) is 11.2. The number of sulfonamides is 1. The molecule has 2 amide bonds. The number of rotatable bonds is 2. The van der Waals surface area contributed by atoms with Gasteiger partial charge < -0.3 is 10.2 Å². The summed E-state index contributed by atoms with van der Waals surface area (Å²) in [5, 5.41) is 7.79. The summed E-state index contributed by atoms with van der Waals surface area (Å²) in [7, 11) is -3.70. The molecule has 1 heterocycles. The highest BCUT2D eigenvalue weighted by atomic mass is 32.2. The number of hydrogen-bond donors (Lipinski definition) is 2. The first-order valence-electron chi connectivity index (χ1n) is 6.65. The van der Waals surface area contributed by atoms with Gasteiger partial charge in [-0.25, -0.2) is 18.4 Å². The van der Waals surface area contributed by atoms with Crippen molar-refractivity contribution >= 4 is 21.7 Å². The van der Waals surface area contributed by atoms with E-state index >= 15 is 0 Å². The van der Waals surface area contributed by atoms with E-state index in [-0.39, 0.29) is 10.9 Å². The number of carbonyl (C=O) groups excluding carboxylic acids is 1. The molecule has 2 rings (SSSR count). The number of anilines is 1. The van der Waals surface area contributed by atoms with Crippen molar-refractivity contribution in [3.8, 4) is 0 Å².